The summed E-state index contributed by atoms with van der Waals surface area (Å²) in [6.07, 6.45) is 0.765. The minimum absolute atomic E-state index is 0.0929. The van der Waals surface area contributed by atoms with Crippen molar-refractivity contribution in [3.63, 3.8) is 0 Å². The van der Waals surface area contributed by atoms with E-state index < -0.39 is 43.3 Å². The molecule has 0 aliphatic carbocycles. The Labute approximate surface area is 185 Å². The molecule has 31 heavy (non-hydrogen) atoms. The Balaban J connectivity index is 1.95. The van der Waals surface area contributed by atoms with Crippen LogP contribution in [0.4, 0.5) is 24.7 Å². The third-order valence-corrected chi connectivity index (χ3v) is 7.39. The van der Waals surface area contributed by atoms with Gasteiger partial charge in [0.1, 0.15) is 16.7 Å². The van der Waals surface area contributed by atoms with E-state index in [-0.39, 0.29) is 11.2 Å². The minimum atomic E-state index is -4.74. The van der Waals surface area contributed by atoms with Gasteiger partial charge >= 0.3 is 0 Å². The first-order valence-corrected chi connectivity index (χ1v) is 11.7. The maximum Gasteiger partial charge on any atom is 0.268 e. The van der Waals surface area contributed by atoms with Crippen LogP contribution >= 0.6 is 11.6 Å². The Morgan fingerprint density at radius 1 is 1.26 bits per heavy atom. The van der Waals surface area contributed by atoms with Crippen LogP contribution in [0.25, 0.3) is 0 Å². The molecular weight excluding hydrogens is 453 g/mol. The zero-order valence-corrected chi connectivity index (χ0v) is 19.0. The van der Waals surface area contributed by atoms with Gasteiger partial charge in [0.25, 0.3) is 10.0 Å². The van der Waals surface area contributed by atoms with Crippen molar-refractivity contribution < 1.29 is 21.6 Å². The summed E-state index contributed by atoms with van der Waals surface area (Å²) in [4.78, 5) is 6.13. The van der Waals surface area contributed by atoms with Gasteiger partial charge in [-0.15, -0.1) is 0 Å². The second kappa shape index (κ2) is 8.84. The highest BCUT2D eigenvalue weighted by Crippen LogP contribution is 2.39. The predicted octanol–water partition coefficient (Wildman–Crippen LogP) is 4.26. The molecule has 0 spiro atoms. The number of anilines is 2. The molecule has 1 saturated heterocycles. The van der Waals surface area contributed by atoms with E-state index in [2.05, 4.69) is 16.8 Å². The van der Waals surface area contributed by atoms with E-state index >= 15 is 4.39 Å². The molecule has 3 rings (SSSR count). The number of pyridine rings is 1. The molecule has 170 valence electrons. The first-order valence-electron chi connectivity index (χ1n) is 9.85. The lowest BCUT2D eigenvalue weighted by molar-refractivity contribution is 0.137. The van der Waals surface area contributed by atoms with Crippen LogP contribution in [0.3, 0.4) is 0 Å². The van der Waals surface area contributed by atoms with Crippen LogP contribution < -0.4 is 9.62 Å². The maximum absolute atomic E-state index is 15.0. The summed E-state index contributed by atoms with van der Waals surface area (Å²) in [5, 5.41) is -0.488. The number of benzene rings is 1. The summed E-state index contributed by atoms with van der Waals surface area (Å²) in [5.41, 5.74) is -0.106. The SMILES string of the molecule is CCN(CC)[C@]1(C)CCN(c2cc(F)c(S(=O)(=O)Nc3cccc(F)n3)c(F)c2Cl)C1. The molecule has 1 aromatic carbocycles. The highest BCUT2D eigenvalue weighted by molar-refractivity contribution is 7.92. The standard InChI is InChI=1S/C20H24ClF3N4O2S/c1-4-28(5-2)20(3)9-10-27(12-20)14-11-13(22)19(18(24)17(14)21)31(29,30)26-16-8-6-7-15(23)25-16/h6-8,11H,4-5,9-10,12H2,1-3H3,(H,25,26)/t20-/m1/s1. The molecule has 0 radical (unpaired) electrons. The lowest BCUT2D eigenvalue weighted by atomic mass is 9.99. The molecule has 11 heteroatoms. The number of likely N-dealkylation sites (N-methyl/N-ethyl adjacent to an activating group) is 1. The van der Waals surface area contributed by atoms with Crippen molar-refractivity contribution in [2.75, 3.05) is 35.8 Å². The van der Waals surface area contributed by atoms with Gasteiger partial charge in [-0.25, -0.2) is 22.2 Å². The second-order valence-corrected chi connectivity index (χ2v) is 9.62. The smallest absolute Gasteiger partial charge is 0.268 e. The van der Waals surface area contributed by atoms with E-state index in [0.717, 1.165) is 37.7 Å². The number of halogens is 4. The monoisotopic (exact) mass is 476 g/mol. The molecule has 1 atom stereocenters. The number of hydrogen-bond acceptors (Lipinski definition) is 5. The van der Waals surface area contributed by atoms with Crippen LogP contribution in [-0.2, 0) is 10.0 Å². The van der Waals surface area contributed by atoms with Gasteiger partial charge in [-0.1, -0.05) is 31.5 Å². The predicted molar refractivity (Wildman–Crippen MR) is 115 cm³/mol. The van der Waals surface area contributed by atoms with E-state index in [1.807, 2.05) is 18.6 Å². The third kappa shape index (κ3) is 4.61. The van der Waals surface area contributed by atoms with Crippen molar-refractivity contribution in [3.05, 3.63) is 46.9 Å². The summed E-state index contributed by atoms with van der Waals surface area (Å²) in [6, 6.07) is 4.30. The summed E-state index contributed by atoms with van der Waals surface area (Å²) >= 11 is 6.16. The van der Waals surface area contributed by atoms with Crippen molar-refractivity contribution in [3.8, 4) is 0 Å². The van der Waals surface area contributed by atoms with Gasteiger partial charge in [0.05, 0.1) is 5.69 Å². The highest BCUT2D eigenvalue weighted by Gasteiger charge is 2.39. The molecule has 0 unspecified atom stereocenters. The van der Waals surface area contributed by atoms with E-state index in [1.54, 1.807) is 4.90 Å². The lowest BCUT2D eigenvalue weighted by Gasteiger charge is -2.37. The van der Waals surface area contributed by atoms with E-state index in [0.29, 0.717) is 13.1 Å². The zero-order valence-electron chi connectivity index (χ0n) is 17.4. The Hall–Kier alpha value is -2.04. The van der Waals surface area contributed by atoms with Crippen molar-refractivity contribution in [2.45, 2.75) is 37.6 Å². The summed E-state index contributed by atoms with van der Waals surface area (Å²) in [7, 11) is -4.74. The Kier molecular flexibility index (Phi) is 6.73. The van der Waals surface area contributed by atoms with Gasteiger partial charge < -0.3 is 4.90 Å². The molecule has 2 heterocycles. The van der Waals surface area contributed by atoms with Crippen LogP contribution in [0.1, 0.15) is 27.2 Å². The first kappa shape index (κ1) is 23.6. The zero-order chi connectivity index (χ0) is 23.0. The number of sulfonamides is 1. The first-order chi connectivity index (χ1) is 14.5. The van der Waals surface area contributed by atoms with E-state index in [9.17, 15) is 17.2 Å². The summed E-state index contributed by atoms with van der Waals surface area (Å²) < 4.78 is 70.1. The molecule has 1 aliphatic rings. The van der Waals surface area contributed by atoms with Crippen molar-refractivity contribution in [2.24, 2.45) is 0 Å². The quantitative estimate of drug-likeness (QED) is 0.477. The van der Waals surface area contributed by atoms with Crippen molar-refractivity contribution in [1.82, 2.24) is 9.88 Å². The lowest BCUT2D eigenvalue weighted by Crippen LogP contribution is -2.48. The van der Waals surface area contributed by atoms with Crippen LogP contribution in [-0.4, -0.2) is 50.0 Å². The fourth-order valence-electron chi connectivity index (χ4n) is 4.09. The normalized spacial score (nSPS) is 19.3. The minimum Gasteiger partial charge on any atom is -0.368 e. The van der Waals surface area contributed by atoms with E-state index in [4.69, 9.17) is 11.6 Å². The van der Waals surface area contributed by atoms with Gasteiger partial charge in [-0.2, -0.15) is 4.39 Å². The average Bonchev–Trinajstić information content (AvgIpc) is 3.07. The van der Waals surface area contributed by atoms with Crippen molar-refractivity contribution in [1.29, 1.82) is 0 Å². The fourth-order valence-corrected chi connectivity index (χ4v) is 5.56. The molecule has 1 aromatic heterocycles. The van der Waals surface area contributed by atoms with Crippen LogP contribution in [0.15, 0.2) is 29.2 Å². The molecule has 1 N–H and O–H groups in total. The number of rotatable bonds is 7. The van der Waals surface area contributed by atoms with Gasteiger partial charge in [0.2, 0.25) is 5.95 Å². The van der Waals surface area contributed by atoms with Crippen LogP contribution in [0.5, 0.6) is 0 Å². The maximum atomic E-state index is 15.0. The fraction of sp³-hybridized carbons (Fsp3) is 0.450. The van der Waals surface area contributed by atoms with Crippen molar-refractivity contribution >= 4 is 33.1 Å². The number of nitrogens with one attached hydrogen (secondary N) is 1. The molecule has 6 nitrogen and oxygen atoms in total. The molecule has 1 aliphatic heterocycles. The van der Waals surface area contributed by atoms with Gasteiger partial charge in [0.15, 0.2) is 10.7 Å². The molecule has 0 saturated carbocycles. The number of nitrogens with zero attached hydrogens (tertiary/aromatic N) is 3. The number of aromatic nitrogens is 1. The Bertz CT molecular complexity index is 1080. The van der Waals surface area contributed by atoms with Gasteiger partial charge in [-0.3, -0.25) is 9.62 Å². The van der Waals surface area contributed by atoms with Crippen LogP contribution in [0.2, 0.25) is 5.02 Å². The molecule has 2 aromatic rings. The molecule has 0 amide bonds. The molecular formula is C20H24ClF3N4O2S. The van der Waals surface area contributed by atoms with Gasteiger partial charge in [0, 0.05) is 24.7 Å². The summed E-state index contributed by atoms with van der Waals surface area (Å²) in [6.45, 7) is 8.83. The third-order valence-electron chi connectivity index (χ3n) is 5.64. The number of hydrogen-bond donors (Lipinski definition) is 1. The molecule has 1 fully saturated rings. The topological polar surface area (TPSA) is 65.5 Å². The van der Waals surface area contributed by atoms with Crippen LogP contribution in [0, 0.1) is 17.6 Å². The Morgan fingerprint density at radius 2 is 1.94 bits per heavy atom. The van der Waals surface area contributed by atoms with Gasteiger partial charge in [-0.05, 0) is 38.6 Å². The second-order valence-electron chi connectivity index (χ2n) is 7.63. The summed E-state index contributed by atoms with van der Waals surface area (Å²) in [5.74, 6) is -4.05. The van der Waals surface area contributed by atoms with E-state index in [1.165, 1.54) is 6.07 Å². The largest absolute Gasteiger partial charge is 0.368 e. The Morgan fingerprint density at radius 3 is 2.55 bits per heavy atom. The molecule has 0 bridgehead atoms. The average molecular weight is 477 g/mol. The highest BCUT2D eigenvalue weighted by atomic mass is 35.5.